The van der Waals surface area contributed by atoms with Crippen molar-refractivity contribution in [1.29, 1.82) is 0 Å². The number of aliphatic hydroxyl groups is 1. The number of esters is 1. The van der Waals surface area contributed by atoms with Gasteiger partial charge in [0, 0.05) is 5.41 Å². The number of allylic oxidation sites excluding steroid dienone is 1. The summed E-state index contributed by atoms with van der Waals surface area (Å²) in [5.74, 6) is 2.15. The monoisotopic (exact) mass is 348 g/mol. The van der Waals surface area contributed by atoms with Crippen LogP contribution in [0.2, 0.25) is 0 Å². The first-order valence-corrected chi connectivity index (χ1v) is 10.0. The molecule has 4 aliphatic rings. The van der Waals surface area contributed by atoms with E-state index in [1.807, 2.05) is 13.0 Å². The molecule has 4 fully saturated rings. The van der Waals surface area contributed by atoms with Crippen molar-refractivity contribution in [3.05, 3.63) is 12.2 Å². The van der Waals surface area contributed by atoms with Gasteiger partial charge in [-0.3, -0.25) is 4.79 Å². The zero-order valence-electron chi connectivity index (χ0n) is 16.9. The van der Waals surface area contributed by atoms with E-state index in [1.54, 1.807) is 26.8 Å². The lowest BCUT2D eigenvalue weighted by Gasteiger charge is -2.61. The molecule has 1 unspecified atom stereocenters. The molecule has 4 saturated carbocycles. The van der Waals surface area contributed by atoms with Crippen LogP contribution in [0, 0.1) is 28.6 Å². The average Bonchev–Trinajstić information content (AvgIpc) is 2.44. The zero-order valence-corrected chi connectivity index (χ0v) is 16.9. The third-order valence-corrected chi connectivity index (χ3v) is 7.86. The van der Waals surface area contributed by atoms with Crippen molar-refractivity contribution < 1.29 is 14.6 Å². The van der Waals surface area contributed by atoms with Gasteiger partial charge in [-0.25, -0.2) is 0 Å². The first-order valence-electron chi connectivity index (χ1n) is 10.0. The quantitative estimate of drug-likeness (QED) is 0.569. The lowest BCUT2D eigenvalue weighted by molar-refractivity contribution is -0.211. The van der Waals surface area contributed by atoms with Crippen LogP contribution in [-0.4, -0.2) is 22.3 Å². The third kappa shape index (κ3) is 2.97. The maximum Gasteiger partial charge on any atom is 0.319 e. The topological polar surface area (TPSA) is 46.5 Å². The van der Waals surface area contributed by atoms with E-state index >= 15 is 0 Å². The van der Waals surface area contributed by atoms with E-state index in [0.29, 0.717) is 0 Å². The summed E-state index contributed by atoms with van der Waals surface area (Å²) in [6.07, 6.45) is 11.3. The van der Waals surface area contributed by atoms with Crippen LogP contribution in [-0.2, 0) is 9.53 Å². The summed E-state index contributed by atoms with van der Waals surface area (Å²) in [5.41, 5.74) is -2.59. The molecule has 0 amide bonds. The molecule has 0 radical (unpaired) electrons. The Morgan fingerprint density at radius 1 is 1.00 bits per heavy atom. The van der Waals surface area contributed by atoms with Crippen LogP contribution in [0.15, 0.2) is 12.2 Å². The van der Waals surface area contributed by atoms with Crippen LogP contribution >= 0.6 is 0 Å². The fourth-order valence-electron chi connectivity index (χ4n) is 6.15. The minimum atomic E-state index is -1.17. The number of rotatable bonds is 5. The summed E-state index contributed by atoms with van der Waals surface area (Å²) in [6, 6.07) is 0. The number of ether oxygens (including phenoxy) is 1. The van der Waals surface area contributed by atoms with Gasteiger partial charge in [-0.05, 0) is 97.8 Å². The third-order valence-electron chi connectivity index (χ3n) is 7.86. The average molecular weight is 349 g/mol. The van der Waals surface area contributed by atoms with Crippen LogP contribution in [0.1, 0.15) is 80.1 Å². The van der Waals surface area contributed by atoms with Crippen molar-refractivity contribution in [3.63, 3.8) is 0 Å². The first-order chi connectivity index (χ1) is 11.4. The molecule has 1 atom stereocenters. The molecule has 0 spiro atoms. The lowest BCUT2D eigenvalue weighted by Crippen LogP contribution is -2.59. The largest absolute Gasteiger partial charge is 0.458 e. The van der Waals surface area contributed by atoms with Gasteiger partial charge in [0.1, 0.15) is 11.0 Å². The first kappa shape index (κ1) is 18.9. The molecule has 1 N–H and O–H groups in total. The molecule has 4 rings (SSSR count). The van der Waals surface area contributed by atoms with Gasteiger partial charge in [-0.1, -0.05) is 12.2 Å². The number of hydrogen-bond acceptors (Lipinski definition) is 3. The summed E-state index contributed by atoms with van der Waals surface area (Å²) in [4.78, 5) is 13.2. The summed E-state index contributed by atoms with van der Waals surface area (Å²) in [5, 5.41) is 10.6. The highest BCUT2D eigenvalue weighted by atomic mass is 16.6. The van der Waals surface area contributed by atoms with E-state index in [0.717, 1.165) is 17.8 Å². The molecule has 4 aliphatic carbocycles. The van der Waals surface area contributed by atoms with Gasteiger partial charge >= 0.3 is 5.97 Å². The molecule has 0 heterocycles. The van der Waals surface area contributed by atoms with Crippen molar-refractivity contribution in [3.8, 4) is 0 Å². The minimum Gasteiger partial charge on any atom is -0.458 e. The molecule has 25 heavy (non-hydrogen) atoms. The van der Waals surface area contributed by atoms with E-state index in [1.165, 1.54) is 38.5 Å². The van der Waals surface area contributed by atoms with Gasteiger partial charge in [0.25, 0.3) is 0 Å². The highest BCUT2D eigenvalue weighted by molar-refractivity contribution is 5.80. The molecule has 142 valence electrons. The highest BCUT2D eigenvalue weighted by Gasteiger charge is 2.60. The Hall–Kier alpha value is -0.830. The fraction of sp³-hybridized carbons (Fsp3) is 0.864. The Kier molecular flexibility index (Phi) is 4.42. The predicted molar refractivity (Wildman–Crippen MR) is 100.0 cm³/mol. The normalized spacial score (nSPS) is 37.3. The number of hydrogen-bond donors (Lipinski definition) is 1. The summed E-state index contributed by atoms with van der Waals surface area (Å²) >= 11 is 0. The molecule has 0 aromatic heterocycles. The van der Waals surface area contributed by atoms with Crippen LogP contribution in [0.3, 0.4) is 0 Å². The maximum atomic E-state index is 13.2. The van der Waals surface area contributed by atoms with Crippen molar-refractivity contribution in [2.45, 2.75) is 91.3 Å². The Morgan fingerprint density at radius 2 is 1.44 bits per heavy atom. The van der Waals surface area contributed by atoms with E-state index in [2.05, 4.69) is 13.8 Å². The van der Waals surface area contributed by atoms with E-state index in [4.69, 9.17) is 4.74 Å². The standard InChI is InChI=1S/C22H36O3/c1-7-8-21(6,19(2,3)24)18(23)25-20(4,5)22-12-15-9-16(13-22)11-17(10-15)14-22/h7-8,15-17,24H,9-14H2,1-6H3/b8-7-. The van der Waals surface area contributed by atoms with Crippen LogP contribution in [0.25, 0.3) is 0 Å². The Bertz CT molecular complexity index is 531. The molecule has 0 aromatic carbocycles. The van der Waals surface area contributed by atoms with Crippen molar-refractivity contribution in [2.24, 2.45) is 28.6 Å². The SMILES string of the molecule is C/C=C\C(C)(C(=O)OC(C)(C)C12CC3CC(CC(C3)C1)C2)C(C)(C)O. The van der Waals surface area contributed by atoms with Crippen molar-refractivity contribution >= 4 is 5.97 Å². The van der Waals surface area contributed by atoms with Crippen LogP contribution in [0.5, 0.6) is 0 Å². The Balaban J connectivity index is 1.85. The highest BCUT2D eigenvalue weighted by Crippen LogP contribution is 2.64. The molecule has 3 heteroatoms. The minimum absolute atomic E-state index is 0.119. The lowest BCUT2D eigenvalue weighted by atomic mass is 9.46. The molecular formula is C22H36O3. The predicted octanol–water partition coefficient (Wildman–Crippen LogP) is 4.88. The van der Waals surface area contributed by atoms with E-state index in [-0.39, 0.29) is 11.4 Å². The summed E-state index contributed by atoms with van der Waals surface area (Å²) in [7, 11) is 0. The van der Waals surface area contributed by atoms with Gasteiger partial charge in [-0.2, -0.15) is 0 Å². The number of carbonyl (C=O) groups excluding carboxylic acids is 1. The van der Waals surface area contributed by atoms with Gasteiger partial charge in [0.15, 0.2) is 0 Å². The van der Waals surface area contributed by atoms with Crippen molar-refractivity contribution in [2.75, 3.05) is 0 Å². The van der Waals surface area contributed by atoms with Gasteiger partial charge in [0.05, 0.1) is 5.60 Å². The number of carbonyl (C=O) groups is 1. The van der Waals surface area contributed by atoms with E-state index in [9.17, 15) is 9.90 Å². The molecular weight excluding hydrogens is 312 g/mol. The van der Waals surface area contributed by atoms with E-state index < -0.39 is 16.6 Å². The molecule has 4 bridgehead atoms. The molecule has 0 aromatic rings. The fourth-order valence-corrected chi connectivity index (χ4v) is 6.15. The second-order valence-electron chi connectivity index (χ2n) is 10.4. The molecule has 0 saturated heterocycles. The van der Waals surface area contributed by atoms with Crippen LogP contribution < -0.4 is 0 Å². The summed E-state index contributed by atoms with van der Waals surface area (Å²) in [6.45, 7) is 11.3. The van der Waals surface area contributed by atoms with Gasteiger partial charge in [0.2, 0.25) is 0 Å². The maximum absolute atomic E-state index is 13.2. The molecule has 3 nitrogen and oxygen atoms in total. The zero-order chi connectivity index (χ0) is 18.7. The summed E-state index contributed by atoms with van der Waals surface area (Å²) < 4.78 is 6.22. The van der Waals surface area contributed by atoms with Crippen molar-refractivity contribution in [1.82, 2.24) is 0 Å². The van der Waals surface area contributed by atoms with Crippen LogP contribution in [0.4, 0.5) is 0 Å². The smallest absolute Gasteiger partial charge is 0.319 e. The Labute approximate surface area is 153 Å². The van der Waals surface area contributed by atoms with Gasteiger partial charge in [-0.15, -0.1) is 0 Å². The molecule has 0 aliphatic heterocycles. The van der Waals surface area contributed by atoms with Gasteiger partial charge < -0.3 is 9.84 Å². The second kappa shape index (κ2) is 5.84. The Morgan fingerprint density at radius 3 is 1.80 bits per heavy atom. The second-order valence-corrected chi connectivity index (χ2v) is 10.4.